The summed E-state index contributed by atoms with van der Waals surface area (Å²) in [6, 6.07) is 8.03. The number of hydrogen-bond acceptors (Lipinski definition) is 4. The van der Waals surface area contributed by atoms with E-state index in [1.165, 1.54) is 22.7 Å². The highest BCUT2D eigenvalue weighted by atomic mass is 32.2. The number of sulfonamides is 1. The number of nitrogens with zero attached hydrogens (tertiary/aromatic N) is 2. The molecular formula is C16H25N3O2S. The standard InChI is InChI=1S/C16H25N3O2S/c1-18(2)22(20,21)15-5-3-13(4-6-15)11-19-10-8-16-14(12-19)7-9-17-16/h3-6,14,16-17H,7-12H2,1-2H3. The minimum Gasteiger partial charge on any atom is -0.314 e. The number of piperidine rings is 1. The molecule has 1 aromatic rings. The zero-order chi connectivity index (χ0) is 15.7. The van der Waals surface area contributed by atoms with Gasteiger partial charge in [-0.3, -0.25) is 4.90 Å². The minimum absolute atomic E-state index is 0.361. The van der Waals surface area contributed by atoms with E-state index in [0.717, 1.165) is 32.1 Å². The topological polar surface area (TPSA) is 52.7 Å². The van der Waals surface area contributed by atoms with Gasteiger partial charge < -0.3 is 5.32 Å². The largest absolute Gasteiger partial charge is 0.314 e. The highest BCUT2D eigenvalue weighted by Crippen LogP contribution is 2.25. The van der Waals surface area contributed by atoms with Crippen LogP contribution in [0.4, 0.5) is 0 Å². The zero-order valence-electron chi connectivity index (χ0n) is 13.3. The van der Waals surface area contributed by atoms with Gasteiger partial charge in [0, 0.05) is 33.2 Å². The van der Waals surface area contributed by atoms with E-state index in [1.54, 1.807) is 26.2 Å². The van der Waals surface area contributed by atoms with Crippen LogP contribution >= 0.6 is 0 Å². The van der Waals surface area contributed by atoms with Crippen LogP contribution in [0.5, 0.6) is 0 Å². The van der Waals surface area contributed by atoms with Crippen LogP contribution in [0.25, 0.3) is 0 Å². The Bertz CT molecular complexity index is 613. The number of nitrogens with one attached hydrogen (secondary N) is 1. The predicted octanol–water partition coefficient (Wildman–Crippen LogP) is 1.12. The summed E-state index contributed by atoms with van der Waals surface area (Å²) in [5.74, 6) is 0.780. The Labute approximate surface area is 133 Å². The van der Waals surface area contributed by atoms with Crippen LogP contribution < -0.4 is 5.32 Å². The molecule has 2 saturated heterocycles. The van der Waals surface area contributed by atoms with Crippen LogP contribution in [0.2, 0.25) is 0 Å². The molecule has 2 aliphatic rings. The zero-order valence-corrected chi connectivity index (χ0v) is 14.1. The second-order valence-electron chi connectivity index (χ2n) is 6.56. The molecule has 0 spiro atoms. The Morgan fingerprint density at radius 1 is 1.23 bits per heavy atom. The molecule has 22 heavy (non-hydrogen) atoms. The molecule has 0 bridgehead atoms. The summed E-state index contributed by atoms with van der Waals surface area (Å²) >= 11 is 0. The van der Waals surface area contributed by atoms with Crippen LogP contribution in [0.3, 0.4) is 0 Å². The average Bonchev–Trinajstić information content (AvgIpc) is 2.95. The lowest BCUT2D eigenvalue weighted by Crippen LogP contribution is -2.43. The highest BCUT2D eigenvalue weighted by molar-refractivity contribution is 7.89. The van der Waals surface area contributed by atoms with Gasteiger partial charge in [0.2, 0.25) is 10.0 Å². The molecule has 5 nitrogen and oxygen atoms in total. The molecular weight excluding hydrogens is 298 g/mol. The maximum absolute atomic E-state index is 12.1. The van der Waals surface area contributed by atoms with Crippen LogP contribution in [-0.2, 0) is 16.6 Å². The second kappa shape index (κ2) is 6.28. The smallest absolute Gasteiger partial charge is 0.242 e. The number of hydrogen-bond donors (Lipinski definition) is 1. The SMILES string of the molecule is CN(C)S(=O)(=O)c1ccc(CN2CCC3NCCC3C2)cc1. The van der Waals surface area contributed by atoms with Crippen molar-refractivity contribution in [3.63, 3.8) is 0 Å². The Morgan fingerprint density at radius 2 is 1.95 bits per heavy atom. The summed E-state index contributed by atoms with van der Waals surface area (Å²) in [6.07, 6.45) is 2.50. The first kappa shape index (κ1) is 15.9. The molecule has 2 aliphatic heterocycles. The van der Waals surface area contributed by atoms with Crippen molar-refractivity contribution in [2.45, 2.75) is 30.3 Å². The Hall–Kier alpha value is -0.950. The number of likely N-dealkylation sites (tertiary alicyclic amines) is 1. The van der Waals surface area contributed by atoms with Gasteiger partial charge in [-0.1, -0.05) is 12.1 Å². The van der Waals surface area contributed by atoms with Crippen molar-refractivity contribution in [1.29, 1.82) is 0 Å². The van der Waals surface area contributed by atoms with Crippen molar-refractivity contribution in [1.82, 2.24) is 14.5 Å². The van der Waals surface area contributed by atoms with E-state index in [9.17, 15) is 8.42 Å². The normalized spacial score (nSPS) is 26.3. The van der Waals surface area contributed by atoms with Gasteiger partial charge >= 0.3 is 0 Å². The lowest BCUT2D eigenvalue weighted by Gasteiger charge is -2.34. The summed E-state index contributed by atoms with van der Waals surface area (Å²) < 4.78 is 25.4. The van der Waals surface area contributed by atoms with Crippen molar-refractivity contribution >= 4 is 10.0 Å². The summed E-state index contributed by atoms with van der Waals surface area (Å²) in [6.45, 7) is 4.33. The lowest BCUT2D eigenvalue weighted by atomic mass is 9.93. The molecule has 2 unspecified atom stereocenters. The van der Waals surface area contributed by atoms with Crippen LogP contribution in [0, 0.1) is 5.92 Å². The fourth-order valence-corrected chi connectivity index (χ4v) is 4.40. The van der Waals surface area contributed by atoms with Gasteiger partial charge in [0.25, 0.3) is 0 Å². The third-order valence-corrected chi connectivity index (χ3v) is 6.68. The summed E-state index contributed by atoms with van der Waals surface area (Å²) in [5, 5.41) is 3.58. The van der Waals surface area contributed by atoms with E-state index in [1.807, 2.05) is 12.1 Å². The first-order valence-corrected chi connectivity index (χ1v) is 9.38. The van der Waals surface area contributed by atoms with Crippen molar-refractivity contribution < 1.29 is 8.42 Å². The fraction of sp³-hybridized carbons (Fsp3) is 0.625. The summed E-state index contributed by atoms with van der Waals surface area (Å²) in [5.41, 5.74) is 1.18. The van der Waals surface area contributed by atoms with Gasteiger partial charge in [0.05, 0.1) is 4.90 Å². The van der Waals surface area contributed by atoms with E-state index in [2.05, 4.69) is 10.2 Å². The van der Waals surface area contributed by atoms with Gasteiger partial charge in [-0.25, -0.2) is 12.7 Å². The fourth-order valence-electron chi connectivity index (χ4n) is 3.50. The number of fused-ring (bicyclic) bond motifs is 1. The van der Waals surface area contributed by atoms with Gasteiger partial charge in [-0.2, -0.15) is 0 Å². The van der Waals surface area contributed by atoms with E-state index in [-0.39, 0.29) is 0 Å². The molecule has 122 valence electrons. The highest BCUT2D eigenvalue weighted by Gasteiger charge is 2.32. The summed E-state index contributed by atoms with van der Waals surface area (Å²) in [4.78, 5) is 2.85. The molecule has 2 fully saturated rings. The first-order chi connectivity index (χ1) is 10.5. The molecule has 6 heteroatoms. The lowest BCUT2D eigenvalue weighted by molar-refractivity contribution is 0.156. The predicted molar refractivity (Wildman–Crippen MR) is 87.1 cm³/mol. The van der Waals surface area contributed by atoms with Crippen molar-refractivity contribution in [3.05, 3.63) is 29.8 Å². The average molecular weight is 323 g/mol. The molecule has 0 amide bonds. The molecule has 1 N–H and O–H groups in total. The van der Waals surface area contributed by atoms with Gasteiger partial charge in [0.1, 0.15) is 0 Å². The van der Waals surface area contributed by atoms with E-state index < -0.39 is 10.0 Å². The molecule has 0 saturated carbocycles. The summed E-state index contributed by atoms with van der Waals surface area (Å²) in [7, 11) is -0.210. The molecule has 0 aliphatic carbocycles. The van der Waals surface area contributed by atoms with E-state index in [0.29, 0.717) is 10.9 Å². The molecule has 2 heterocycles. The maximum atomic E-state index is 12.1. The Balaban J connectivity index is 1.64. The van der Waals surface area contributed by atoms with E-state index in [4.69, 9.17) is 0 Å². The first-order valence-electron chi connectivity index (χ1n) is 7.94. The molecule has 3 rings (SSSR count). The quantitative estimate of drug-likeness (QED) is 0.902. The molecule has 0 radical (unpaired) electrons. The van der Waals surface area contributed by atoms with Crippen molar-refractivity contribution in [2.75, 3.05) is 33.7 Å². The minimum atomic E-state index is -3.33. The van der Waals surface area contributed by atoms with Gasteiger partial charge in [-0.15, -0.1) is 0 Å². The number of rotatable bonds is 4. The second-order valence-corrected chi connectivity index (χ2v) is 8.72. The molecule has 1 aromatic carbocycles. The van der Waals surface area contributed by atoms with Crippen molar-refractivity contribution in [3.8, 4) is 0 Å². The third-order valence-electron chi connectivity index (χ3n) is 4.85. The van der Waals surface area contributed by atoms with Crippen molar-refractivity contribution in [2.24, 2.45) is 5.92 Å². The molecule has 0 aromatic heterocycles. The van der Waals surface area contributed by atoms with Crippen LogP contribution in [0.1, 0.15) is 18.4 Å². The monoisotopic (exact) mass is 323 g/mol. The van der Waals surface area contributed by atoms with Crippen LogP contribution in [-0.4, -0.2) is 57.4 Å². The van der Waals surface area contributed by atoms with Gasteiger partial charge in [0.15, 0.2) is 0 Å². The van der Waals surface area contributed by atoms with Crippen LogP contribution in [0.15, 0.2) is 29.2 Å². The maximum Gasteiger partial charge on any atom is 0.242 e. The van der Waals surface area contributed by atoms with Gasteiger partial charge in [-0.05, 0) is 49.5 Å². The molecule has 2 atom stereocenters. The number of benzene rings is 1. The van der Waals surface area contributed by atoms with E-state index >= 15 is 0 Å². The third kappa shape index (κ3) is 3.20. The Kier molecular flexibility index (Phi) is 4.54. The Morgan fingerprint density at radius 3 is 2.64 bits per heavy atom.